The summed E-state index contributed by atoms with van der Waals surface area (Å²) in [5.74, 6) is -0.747. The number of nitrogens with one attached hydrogen (secondary N) is 2. The van der Waals surface area contributed by atoms with Crippen LogP contribution in [0.5, 0.6) is 0 Å². The number of methoxy groups -OCH3 is 1. The van der Waals surface area contributed by atoms with Gasteiger partial charge in [-0.25, -0.2) is 13.2 Å². The molecule has 0 radical (unpaired) electrons. The average Bonchev–Trinajstić information content (AvgIpc) is 2.67. The zero-order valence-electron chi connectivity index (χ0n) is 15.4. The van der Waals surface area contributed by atoms with Crippen LogP contribution in [-0.2, 0) is 19.4 Å². The maximum Gasteiger partial charge on any atom is 0.337 e. The molecule has 0 heterocycles. The van der Waals surface area contributed by atoms with E-state index in [1.165, 1.54) is 19.2 Å². The molecule has 0 saturated carbocycles. The number of amides is 1. The molecule has 0 unspecified atom stereocenters. The molecule has 2 aromatic rings. The van der Waals surface area contributed by atoms with Gasteiger partial charge in [0.2, 0.25) is 5.91 Å². The molecule has 8 heteroatoms. The molecule has 2 N–H and O–H groups in total. The predicted molar refractivity (Wildman–Crippen MR) is 104 cm³/mol. The molecule has 2 aromatic carbocycles. The van der Waals surface area contributed by atoms with Gasteiger partial charge in [-0.05, 0) is 48.9 Å². The monoisotopic (exact) mass is 390 g/mol. The Labute approximate surface area is 158 Å². The third kappa shape index (κ3) is 5.30. The van der Waals surface area contributed by atoms with Gasteiger partial charge >= 0.3 is 5.97 Å². The van der Waals surface area contributed by atoms with Gasteiger partial charge in [-0.15, -0.1) is 0 Å². The zero-order valence-corrected chi connectivity index (χ0v) is 16.2. The first-order valence-electron chi connectivity index (χ1n) is 8.32. The fraction of sp³-hybridized carbons (Fsp3) is 0.263. The number of aryl methyl sites for hydroxylation is 1. The average molecular weight is 390 g/mol. The molecule has 7 nitrogen and oxygen atoms in total. The van der Waals surface area contributed by atoms with E-state index in [1.807, 2.05) is 6.92 Å². The highest BCUT2D eigenvalue weighted by Crippen LogP contribution is 2.18. The number of carbonyl (C=O) groups is 2. The van der Waals surface area contributed by atoms with Crippen LogP contribution >= 0.6 is 0 Å². The number of sulfone groups is 1. The van der Waals surface area contributed by atoms with E-state index in [-0.39, 0.29) is 23.1 Å². The van der Waals surface area contributed by atoms with E-state index in [2.05, 4.69) is 15.4 Å². The zero-order chi connectivity index (χ0) is 20.0. The van der Waals surface area contributed by atoms with Crippen LogP contribution in [0.15, 0.2) is 47.4 Å². The first-order chi connectivity index (χ1) is 12.8. The maximum absolute atomic E-state index is 12.2. The van der Waals surface area contributed by atoms with Gasteiger partial charge in [-0.3, -0.25) is 4.79 Å². The Morgan fingerprint density at radius 2 is 1.74 bits per heavy atom. The number of ether oxygens (including phenoxy) is 1. The molecule has 144 valence electrons. The van der Waals surface area contributed by atoms with Crippen LogP contribution in [0.2, 0.25) is 0 Å². The van der Waals surface area contributed by atoms with Crippen LogP contribution in [0, 0.1) is 6.92 Å². The van der Waals surface area contributed by atoms with Gasteiger partial charge in [-0.2, -0.15) is 0 Å². The summed E-state index contributed by atoms with van der Waals surface area (Å²) in [5.41, 5.74) is 2.30. The Bertz CT molecular complexity index is 937. The highest BCUT2D eigenvalue weighted by Gasteiger charge is 2.12. The normalized spacial score (nSPS) is 10.9. The van der Waals surface area contributed by atoms with Crippen LogP contribution in [0.3, 0.4) is 0 Å². The van der Waals surface area contributed by atoms with E-state index in [0.717, 1.165) is 5.56 Å². The maximum atomic E-state index is 12.2. The van der Waals surface area contributed by atoms with Gasteiger partial charge in [0.25, 0.3) is 0 Å². The molecular formula is C19H22N2O5S. The van der Waals surface area contributed by atoms with Gasteiger partial charge in [-0.1, -0.05) is 13.0 Å². The second-order valence-corrected chi connectivity index (χ2v) is 8.13. The molecular weight excluding hydrogens is 368 g/mol. The lowest BCUT2D eigenvalue weighted by molar-refractivity contribution is -0.114. The lowest BCUT2D eigenvalue weighted by atomic mass is 10.1. The number of esters is 1. The number of hydrogen-bond acceptors (Lipinski definition) is 6. The minimum atomic E-state index is -3.25. The van der Waals surface area contributed by atoms with Crippen molar-refractivity contribution in [3.63, 3.8) is 0 Å². The lowest BCUT2D eigenvalue weighted by Gasteiger charge is -2.11. The Morgan fingerprint density at radius 3 is 2.33 bits per heavy atom. The molecule has 0 aliphatic rings. The highest BCUT2D eigenvalue weighted by molar-refractivity contribution is 7.91. The van der Waals surface area contributed by atoms with Crippen molar-refractivity contribution in [3.8, 4) is 0 Å². The molecule has 0 saturated heterocycles. The predicted octanol–water partition coefficient (Wildman–Crippen LogP) is 2.63. The Morgan fingerprint density at radius 1 is 1.07 bits per heavy atom. The summed E-state index contributed by atoms with van der Waals surface area (Å²) in [6, 6.07) is 11.1. The summed E-state index contributed by atoms with van der Waals surface area (Å²) in [4.78, 5) is 24.0. The highest BCUT2D eigenvalue weighted by atomic mass is 32.2. The number of hydrogen-bond donors (Lipinski definition) is 2. The molecule has 0 bridgehead atoms. The largest absolute Gasteiger partial charge is 0.465 e. The first kappa shape index (κ1) is 20.4. The van der Waals surface area contributed by atoms with Gasteiger partial charge < -0.3 is 15.4 Å². The van der Waals surface area contributed by atoms with Gasteiger partial charge in [0.15, 0.2) is 9.84 Å². The summed E-state index contributed by atoms with van der Waals surface area (Å²) in [6.45, 7) is 3.39. The van der Waals surface area contributed by atoms with E-state index < -0.39 is 15.8 Å². The van der Waals surface area contributed by atoms with Crippen LogP contribution in [-0.4, -0.2) is 39.7 Å². The first-order valence-corrected chi connectivity index (χ1v) is 9.97. The van der Waals surface area contributed by atoms with Crippen molar-refractivity contribution >= 4 is 33.1 Å². The Hall–Kier alpha value is -2.87. The number of anilines is 2. The van der Waals surface area contributed by atoms with E-state index in [4.69, 9.17) is 0 Å². The molecule has 27 heavy (non-hydrogen) atoms. The van der Waals surface area contributed by atoms with Crippen LogP contribution in [0.4, 0.5) is 11.4 Å². The molecule has 0 aliphatic carbocycles. The molecule has 1 amide bonds. The van der Waals surface area contributed by atoms with Crippen molar-refractivity contribution in [1.82, 2.24) is 0 Å². The fourth-order valence-electron chi connectivity index (χ4n) is 2.33. The topological polar surface area (TPSA) is 102 Å². The van der Waals surface area contributed by atoms with Gasteiger partial charge in [0, 0.05) is 11.4 Å². The molecule has 0 aliphatic heterocycles. The number of rotatable bonds is 7. The number of benzene rings is 2. The molecule has 0 aromatic heterocycles. The van der Waals surface area contributed by atoms with Crippen LogP contribution in [0.25, 0.3) is 0 Å². The SMILES string of the molecule is CCS(=O)(=O)c1ccc(NCC(=O)Nc2cc(C(=O)OC)ccc2C)cc1. The van der Waals surface area contributed by atoms with Crippen molar-refractivity contribution in [2.75, 3.05) is 30.0 Å². The third-order valence-electron chi connectivity index (χ3n) is 3.98. The summed E-state index contributed by atoms with van der Waals surface area (Å²) in [7, 11) is -1.96. The molecule has 0 fully saturated rings. The van der Waals surface area contributed by atoms with E-state index in [1.54, 1.807) is 37.3 Å². The molecule has 0 spiro atoms. The van der Waals surface area contributed by atoms with E-state index in [9.17, 15) is 18.0 Å². The van der Waals surface area contributed by atoms with Crippen molar-refractivity contribution in [3.05, 3.63) is 53.6 Å². The van der Waals surface area contributed by atoms with Crippen molar-refractivity contribution in [1.29, 1.82) is 0 Å². The summed E-state index contributed by atoms with van der Waals surface area (Å²) in [5, 5.41) is 5.67. The van der Waals surface area contributed by atoms with E-state index >= 15 is 0 Å². The van der Waals surface area contributed by atoms with Crippen molar-refractivity contribution in [2.24, 2.45) is 0 Å². The quantitative estimate of drug-likeness (QED) is 0.705. The fourth-order valence-corrected chi connectivity index (χ4v) is 3.21. The van der Waals surface area contributed by atoms with Crippen molar-refractivity contribution in [2.45, 2.75) is 18.7 Å². The Kier molecular flexibility index (Phi) is 6.57. The van der Waals surface area contributed by atoms with Crippen LogP contribution < -0.4 is 10.6 Å². The standard InChI is InChI=1S/C19H22N2O5S/c1-4-27(24,25)16-9-7-15(8-10-16)20-12-18(22)21-17-11-14(19(23)26-3)6-5-13(17)2/h5-11,20H,4,12H2,1-3H3,(H,21,22). The minimum absolute atomic E-state index is 0.0121. The van der Waals surface area contributed by atoms with E-state index in [0.29, 0.717) is 16.9 Å². The summed E-state index contributed by atoms with van der Waals surface area (Å²) in [6.07, 6.45) is 0. The second kappa shape index (κ2) is 8.68. The summed E-state index contributed by atoms with van der Waals surface area (Å²) >= 11 is 0. The number of carbonyl (C=O) groups excluding carboxylic acids is 2. The smallest absolute Gasteiger partial charge is 0.337 e. The molecule has 0 atom stereocenters. The minimum Gasteiger partial charge on any atom is -0.465 e. The molecule has 2 rings (SSSR count). The van der Waals surface area contributed by atoms with Crippen LogP contribution in [0.1, 0.15) is 22.8 Å². The third-order valence-corrected chi connectivity index (χ3v) is 5.73. The van der Waals surface area contributed by atoms with Gasteiger partial charge in [0.05, 0.1) is 29.9 Å². The summed E-state index contributed by atoms with van der Waals surface area (Å²) < 4.78 is 28.3. The van der Waals surface area contributed by atoms with Gasteiger partial charge in [0.1, 0.15) is 0 Å². The second-order valence-electron chi connectivity index (χ2n) is 5.85. The lowest BCUT2D eigenvalue weighted by Crippen LogP contribution is -2.22. The van der Waals surface area contributed by atoms with Crippen molar-refractivity contribution < 1.29 is 22.7 Å². The Balaban J connectivity index is 2.00.